The van der Waals surface area contributed by atoms with E-state index in [1.54, 1.807) is 44.2 Å². The molecule has 0 aliphatic heterocycles. The van der Waals surface area contributed by atoms with E-state index in [9.17, 15) is 26.4 Å². The van der Waals surface area contributed by atoms with E-state index < -0.39 is 41.3 Å². The summed E-state index contributed by atoms with van der Waals surface area (Å²) in [7, 11) is -4.50. The van der Waals surface area contributed by atoms with Gasteiger partial charge in [-0.2, -0.15) is 17.9 Å². The van der Waals surface area contributed by atoms with Crippen molar-refractivity contribution in [3.8, 4) is 0 Å². The number of aryl methyl sites for hydroxylation is 3. The fraction of sp³-hybridized carbons (Fsp3) is 0.409. The van der Waals surface area contributed by atoms with Crippen LogP contribution in [0.25, 0.3) is 0 Å². The van der Waals surface area contributed by atoms with Gasteiger partial charge in [0, 0.05) is 12.2 Å². The number of hydrogen-bond acceptors (Lipinski definition) is 5. The molecule has 1 unspecified atom stereocenters. The van der Waals surface area contributed by atoms with Crippen molar-refractivity contribution in [3.05, 3.63) is 59.2 Å². The fourth-order valence-corrected chi connectivity index (χ4v) is 5.19. The molecular formula is C22H27F3N2O4S. The van der Waals surface area contributed by atoms with Crippen molar-refractivity contribution in [3.63, 3.8) is 0 Å². The van der Waals surface area contributed by atoms with Gasteiger partial charge in [0.15, 0.2) is 0 Å². The molecule has 2 aromatic rings. The van der Waals surface area contributed by atoms with Gasteiger partial charge in [-0.1, -0.05) is 35.9 Å². The first kappa shape index (κ1) is 25.7. The van der Waals surface area contributed by atoms with Gasteiger partial charge in [0.1, 0.15) is 12.6 Å². The average Bonchev–Trinajstić information content (AvgIpc) is 2.65. The third kappa shape index (κ3) is 6.70. The van der Waals surface area contributed by atoms with Crippen LogP contribution in [0.15, 0.2) is 47.4 Å². The van der Waals surface area contributed by atoms with Gasteiger partial charge in [0.25, 0.3) is 0 Å². The number of para-hydroxylation sites is 1. The Hall–Kier alpha value is -2.59. The average molecular weight is 473 g/mol. The van der Waals surface area contributed by atoms with Crippen molar-refractivity contribution in [1.82, 2.24) is 4.72 Å². The van der Waals surface area contributed by atoms with Gasteiger partial charge in [0.2, 0.25) is 10.0 Å². The largest absolute Gasteiger partial charge is 0.465 e. The molecule has 2 aromatic carbocycles. The lowest BCUT2D eigenvalue weighted by molar-refractivity contribution is -0.150. The number of alkyl halides is 3. The lowest BCUT2D eigenvalue weighted by atomic mass is 10.1. The molecule has 0 bridgehead atoms. The minimum atomic E-state index is -4.90. The van der Waals surface area contributed by atoms with E-state index in [4.69, 9.17) is 4.74 Å². The van der Waals surface area contributed by atoms with E-state index in [1.165, 1.54) is 26.0 Å². The highest BCUT2D eigenvalue weighted by molar-refractivity contribution is 7.89. The van der Waals surface area contributed by atoms with Gasteiger partial charge in [-0.25, -0.2) is 8.42 Å². The molecule has 10 heteroatoms. The summed E-state index contributed by atoms with van der Waals surface area (Å²) >= 11 is 0. The minimum Gasteiger partial charge on any atom is -0.465 e. The molecule has 0 aromatic heterocycles. The number of nitrogens with one attached hydrogen (secondary N) is 1. The van der Waals surface area contributed by atoms with Crippen LogP contribution in [0, 0.1) is 20.8 Å². The molecule has 0 aliphatic rings. The lowest BCUT2D eigenvalue weighted by Crippen LogP contribution is -2.53. The van der Waals surface area contributed by atoms with E-state index in [0.29, 0.717) is 16.8 Å². The number of rotatable bonds is 9. The second-order valence-corrected chi connectivity index (χ2v) is 9.12. The number of esters is 1. The maximum Gasteiger partial charge on any atom is 0.406 e. The van der Waals surface area contributed by atoms with Gasteiger partial charge < -0.3 is 9.64 Å². The number of nitrogens with zero attached hydrogens (tertiary/aromatic N) is 1. The van der Waals surface area contributed by atoms with Gasteiger partial charge in [-0.05, 0) is 51.0 Å². The molecular weight excluding hydrogens is 445 g/mol. The Morgan fingerprint density at radius 2 is 1.66 bits per heavy atom. The van der Waals surface area contributed by atoms with E-state index in [0.717, 1.165) is 10.5 Å². The summed E-state index contributed by atoms with van der Waals surface area (Å²) in [6, 6.07) is 8.72. The van der Waals surface area contributed by atoms with Crippen molar-refractivity contribution < 1.29 is 31.1 Å². The van der Waals surface area contributed by atoms with Crippen molar-refractivity contribution in [2.75, 3.05) is 24.6 Å². The number of ether oxygens (including phenoxy) is 1. The molecule has 1 atom stereocenters. The number of halogens is 3. The second-order valence-electron chi connectivity index (χ2n) is 7.46. The molecule has 2 rings (SSSR count). The molecule has 0 heterocycles. The number of anilines is 1. The lowest BCUT2D eigenvalue weighted by Gasteiger charge is -2.30. The Morgan fingerprint density at radius 1 is 1.09 bits per heavy atom. The summed E-state index contributed by atoms with van der Waals surface area (Å²) in [5, 5.41) is 0. The first-order valence-electron chi connectivity index (χ1n) is 9.97. The normalized spacial score (nSPS) is 13.0. The first-order valence-corrected chi connectivity index (χ1v) is 11.5. The van der Waals surface area contributed by atoms with Gasteiger partial charge in [-0.3, -0.25) is 4.79 Å². The van der Waals surface area contributed by atoms with Crippen LogP contribution in [-0.2, 0) is 19.6 Å². The summed E-state index contributed by atoms with van der Waals surface area (Å²) in [5.74, 6) is -0.717. The Balaban J connectivity index is 2.41. The Labute approximate surface area is 186 Å². The number of carbonyl (C=O) groups excluding carboxylic acids is 1. The third-order valence-corrected chi connectivity index (χ3v) is 6.49. The third-order valence-electron chi connectivity index (χ3n) is 4.72. The molecule has 0 spiro atoms. The molecule has 0 amide bonds. The van der Waals surface area contributed by atoms with Crippen LogP contribution in [0.1, 0.15) is 23.6 Å². The molecule has 0 saturated heterocycles. The van der Waals surface area contributed by atoms with E-state index in [1.807, 2.05) is 4.72 Å². The van der Waals surface area contributed by atoms with Crippen LogP contribution in [0.2, 0.25) is 0 Å². The zero-order valence-corrected chi connectivity index (χ0v) is 19.2. The van der Waals surface area contributed by atoms with E-state index >= 15 is 0 Å². The fourth-order valence-electron chi connectivity index (χ4n) is 3.53. The zero-order valence-electron chi connectivity index (χ0n) is 18.4. The highest BCUT2D eigenvalue weighted by Crippen LogP contribution is 2.27. The van der Waals surface area contributed by atoms with Crippen molar-refractivity contribution in [1.29, 1.82) is 0 Å². The number of hydrogen-bond donors (Lipinski definition) is 1. The number of benzene rings is 2. The topological polar surface area (TPSA) is 75.7 Å². The summed E-state index contributed by atoms with van der Waals surface area (Å²) in [6.45, 7) is 5.23. The first-order chi connectivity index (χ1) is 14.8. The predicted molar refractivity (Wildman–Crippen MR) is 116 cm³/mol. The Bertz CT molecular complexity index is 1020. The zero-order chi connectivity index (χ0) is 24.1. The van der Waals surface area contributed by atoms with Crippen LogP contribution in [0.5, 0.6) is 0 Å². The quantitative estimate of drug-likeness (QED) is 0.561. The van der Waals surface area contributed by atoms with Gasteiger partial charge in [0.05, 0.1) is 11.5 Å². The highest BCUT2D eigenvalue weighted by atomic mass is 32.2. The summed E-state index contributed by atoms with van der Waals surface area (Å²) < 4.78 is 74.4. The van der Waals surface area contributed by atoms with Crippen molar-refractivity contribution in [2.45, 2.75) is 44.8 Å². The summed E-state index contributed by atoms with van der Waals surface area (Å²) in [4.78, 5) is 13.0. The van der Waals surface area contributed by atoms with Crippen LogP contribution < -0.4 is 9.62 Å². The van der Waals surface area contributed by atoms with Crippen LogP contribution >= 0.6 is 0 Å². The van der Waals surface area contributed by atoms with Crippen LogP contribution in [0.3, 0.4) is 0 Å². The maximum absolute atomic E-state index is 13.9. The molecule has 0 radical (unpaired) electrons. The van der Waals surface area contributed by atoms with Crippen molar-refractivity contribution >= 4 is 21.7 Å². The molecule has 0 saturated carbocycles. The Morgan fingerprint density at radius 3 is 2.16 bits per heavy atom. The van der Waals surface area contributed by atoms with Gasteiger partial charge in [-0.15, -0.1) is 0 Å². The van der Waals surface area contributed by atoms with Crippen molar-refractivity contribution in [2.24, 2.45) is 0 Å². The van der Waals surface area contributed by atoms with E-state index in [-0.39, 0.29) is 11.5 Å². The molecule has 32 heavy (non-hydrogen) atoms. The molecule has 6 nitrogen and oxygen atoms in total. The van der Waals surface area contributed by atoms with Crippen LogP contribution in [0.4, 0.5) is 18.9 Å². The molecule has 0 fully saturated rings. The molecule has 0 aliphatic carbocycles. The summed E-state index contributed by atoms with van der Waals surface area (Å²) in [6.07, 6.45) is -4.90. The predicted octanol–water partition coefficient (Wildman–Crippen LogP) is 3.89. The molecule has 1 N–H and O–H groups in total. The monoisotopic (exact) mass is 472 g/mol. The van der Waals surface area contributed by atoms with Gasteiger partial charge >= 0.3 is 12.1 Å². The SMILES string of the molecule is CCOC(=O)CN(CC(NS(=O)(=O)c1c(C)cc(C)cc1C)C(F)(F)F)c1ccccc1. The number of sulfonamides is 1. The maximum atomic E-state index is 13.9. The second kappa shape index (κ2) is 10.4. The summed E-state index contributed by atoms with van der Waals surface area (Å²) in [5.41, 5.74) is 1.83. The highest BCUT2D eigenvalue weighted by Gasteiger charge is 2.44. The standard InChI is InChI=1S/C22H27F3N2O4S/c1-5-31-20(28)14-27(18-9-7-6-8-10-18)13-19(22(23,24)25)26-32(29,30)21-16(3)11-15(2)12-17(21)4/h6-12,19,26H,5,13-14H2,1-4H3. The minimum absolute atomic E-state index is 0.0722. The smallest absolute Gasteiger partial charge is 0.406 e. The molecule has 176 valence electrons. The number of carbonyl (C=O) groups is 1. The van der Waals surface area contributed by atoms with Crippen LogP contribution in [-0.4, -0.2) is 46.3 Å². The Kier molecular flexibility index (Phi) is 8.30. The van der Waals surface area contributed by atoms with E-state index in [2.05, 4.69) is 0 Å².